The van der Waals surface area contributed by atoms with E-state index in [1.54, 1.807) is 44.3 Å². The quantitative estimate of drug-likeness (QED) is 0.214. The summed E-state index contributed by atoms with van der Waals surface area (Å²) in [5.41, 5.74) is 2.96. The minimum absolute atomic E-state index is 0.0105. The molecule has 4 N–H and O–H groups in total. The maximum atomic E-state index is 13.5. The summed E-state index contributed by atoms with van der Waals surface area (Å²) < 4.78 is 32.3. The number of H-pyrrole nitrogens is 1. The molecule has 2 aromatic heterocycles. The number of nitrogens with one attached hydrogen (secondary N) is 4. The van der Waals surface area contributed by atoms with Gasteiger partial charge in [0.1, 0.15) is 11.6 Å². The largest absolute Gasteiger partial charge is 0.489 e. The number of carbonyl (C=O) groups is 1. The number of sulfone groups is 1. The third kappa shape index (κ3) is 5.62. The fourth-order valence-corrected chi connectivity index (χ4v) is 6.73. The molecule has 43 heavy (non-hydrogen) atoms. The Morgan fingerprint density at radius 2 is 1.79 bits per heavy atom. The lowest BCUT2D eigenvalue weighted by atomic mass is 10.1. The van der Waals surface area contributed by atoms with E-state index in [2.05, 4.69) is 31.1 Å². The number of carbonyl (C=O) groups excluding carboxylic acids is 1. The van der Waals surface area contributed by atoms with Crippen LogP contribution in [-0.4, -0.2) is 69.9 Å². The number of fused-ring (bicyclic) bond motifs is 2. The molecule has 0 atom stereocenters. The Labute approximate surface area is 250 Å². The van der Waals surface area contributed by atoms with Gasteiger partial charge in [0.2, 0.25) is 5.95 Å². The van der Waals surface area contributed by atoms with Crippen molar-refractivity contribution in [2.24, 2.45) is 0 Å². The lowest BCUT2D eigenvalue weighted by molar-refractivity contribution is 0.0668. The molecular formula is C30H36N8O4S. The highest BCUT2D eigenvalue weighted by atomic mass is 32.2. The molecule has 13 heteroatoms. The van der Waals surface area contributed by atoms with E-state index in [4.69, 9.17) is 9.72 Å². The number of rotatable bonds is 9. The molecule has 2 aromatic carbocycles. The van der Waals surface area contributed by atoms with Crippen LogP contribution >= 0.6 is 0 Å². The average molecular weight is 605 g/mol. The van der Waals surface area contributed by atoms with Crippen molar-refractivity contribution in [2.45, 2.75) is 69.4 Å². The van der Waals surface area contributed by atoms with Gasteiger partial charge >= 0.3 is 0 Å². The van der Waals surface area contributed by atoms with Crippen LogP contribution in [-0.2, 0) is 16.4 Å². The summed E-state index contributed by atoms with van der Waals surface area (Å²) in [4.78, 5) is 25.0. The number of piperidine rings is 1. The average Bonchev–Trinajstić information content (AvgIpc) is 3.58. The number of amides is 1. The van der Waals surface area contributed by atoms with Crippen molar-refractivity contribution >= 4 is 49.9 Å². The summed E-state index contributed by atoms with van der Waals surface area (Å²) >= 11 is 0. The monoisotopic (exact) mass is 604 g/mol. The molecule has 0 radical (unpaired) electrons. The smallest absolute Gasteiger partial charge is 0.254 e. The van der Waals surface area contributed by atoms with Crippen molar-refractivity contribution in [3.05, 3.63) is 53.7 Å². The molecule has 12 nitrogen and oxygen atoms in total. The Morgan fingerprint density at radius 3 is 2.53 bits per heavy atom. The first-order valence-corrected chi connectivity index (χ1v) is 16.1. The minimum Gasteiger partial charge on any atom is -0.489 e. The van der Waals surface area contributed by atoms with Gasteiger partial charge in [-0.3, -0.25) is 9.89 Å². The van der Waals surface area contributed by atoms with Crippen LogP contribution in [0.2, 0.25) is 0 Å². The number of ether oxygens (including phenoxy) is 1. The zero-order valence-corrected chi connectivity index (χ0v) is 25.5. The lowest BCUT2D eigenvalue weighted by Gasteiger charge is -2.31. The summed E-state index contributed by atoms with van der Waals surface area (Å²) in [7, 11) is -3.57. The van der Waals surface area contributed by atoms with E-state index >= 15 is 0 Å². The van der Waals surface area contributed by atoms with Crippen LogP contribution < -0.4 is 20.7 Å². The molecule has 4 heterocycles. The predicted molar refractivity (Wildman–Crippen MR) is 165 cm³/mol. The summed E-state index contributed by atoms with van der Waals surface area (Å²) in [6, 6.07) is 10.7. The van der Waals surface area contributed by atoms with Crippen molar-refractivity contribution in [3.8, 4) is 5.75 Å². The SMILES string of the molecule is CC(C)Oc1cc2c(cc1Nc1nc(Nc3ccccc3S(=O)(=O)C(C)C)c3cn[nH]c3n1)C(=O)N(C1CCNCC1)C2. The highest BCUT2D eigenvalue weighted by molar-refractivity contribution is 7.92. The van der Waals surface area contributed by atoms with Crippen molar-refractivity contribution < 1.29 is 17.9 Å². The molecule has 1 saturated heterocycles. The van der Waals surface area contributed by atoms with E-state index < -0.39 is 15.1 Å². The second kappa shape index (κ2) is 11.5. The molecule has 226 valence electrons. The Balaban J connectivity index is 1.36. The number of anilines is 4. The fourth-order valence-electron chi connectivity index (χ4n) is 5.53. The van der Waals surface area contributed by atoms with E-state index in [-0.39, 0.29) is 28.9 Å². The number of hydrogen-bond acceptors (Lipinski definition) is 10. The van der Waals surface area contributed by atoms with Gasteiger partial charge in [0, 0.05) is 18.2 Å². The molecule has 4 aromatic rings. The van der Waals surface area contributed by atoms with Gasteiger partial charge < -0.3 is 25.6 Å². The van der Waals surface area contributed by atoms with Crippen LogP contribution in [0.1, 0.15) is 56.5 Å². The molecule has 0 bridgehead atoms. The van der Waals surface area contributed by atoms with E-state index in [9.17, 15) is 13.2 Å². The maximum Gasteiger partial charge on any atom is 0.254 e. The van der Waals surface area contributed by atoms with Gasteiger partial charge in [0.05, 0.1) is 39.2 Å². The molecular weight excluding hydrogens is 568 g/mol. The topological polar surface area (TPSA) is 154 Å². The third-order valence-electron chi connectivity index (χ3n) is 7.77. The molecule has 0 unspecified atom stereocenters. The van der Waals surface area contributed by atoms with Gasteiger partial charge in [-0.25, -0.2) is 8.42 Å². The van der Waals surface area contributed by atoms with E-state index in [0.29, 0.717) is 46.1 Å². The lowest BCUT2D eigenvalue weighted by Crippen LogP contribution is -2.43. The van der Waals surface area contributed by atoms with E-state index in [1.165, 1.54) is 0 Å². The zero-order valence-electron chi connectivity index (χ0n) is 24.6. The van der Waals surface area contributed by atoms with Gasteiger partial charge in [0.25, 0.3) is 5.91 Å². The predicted octanol–water partition coefficient (Wildman–Crippen LogP) is 4.52. The van der Waals surface area contributed by atoms with Crippen LogP contribution in [0.3, 0.4) is 0 Å². The third-order valence-corrected chi connectivity index (χ3v) is 9.98. The number of benzene rings is 2. The highest BCUT2D eigenvalue weighted by Gasteiger charge is 2.34. The van der Waals surface area contributed by atoms with Crippen molar-refractivity contribution in [1.29, 1.82) is 0 Å². The first-order chi connectivity index (χ1) is 20.6. The molecule has 6 rings (SSSR count). The molecule has 1 amide bonds. The van der Waals surface area contributed by atoms with Crippen LogP contribution in [0.15, 0.2) is 47.5 Å². The Bertz CT molecular complexity index is 1780. The Kier molecular flexibility index (Phi) is 7.69. The first kappa shape index (κ1) is 28.9. The summed E-state index contributed by atoms with van der Waals surface area (Å²) in [6.45, 7) is 9.54. The number of aromatic amines is 1. The van der Waals surface area contributed by atoms with E-state index in [1.807, 2.05) is 30.9 Å². The summed E-state index contributed by atoms with van der Waals surface area (Å²) in [5.74, 6) is 1.19. The van der Waals surface area contributed by atoms with Gasteiger partial charge in [-0.2, -0.15) is 15.1 Å². The molecule has 0 spiro atoms. The highest BCUT2D eigenvalue weighted by Crippen LogP contribution is 2.38. The second-order valence-electron chi connectivity index (χ2n) is 11.5. The number of hydrogen-bond donors (Lipinski definition) is 4. The van der Waals surface area contributed by atoms with Crippen molar-refractivity contribution in [2.75, 3.05) is 23.7 Å². The summed E-state index contributed by atoms with van der Waals surface area (Å²) in [5, 5.41) is 16.8. The number of aromatic nitrogens is 4. The Morgan fingerprint density at radius 1 is 1.02 bits per heavy atom. The van der Waals surface area contributed by atoms with Crippen molar-refractivity contribution in [3.63, 3.8) is 0 Å². The number of para-hydroxylation sites is 1. The molecule has 0 saturated carbocycles. The second-order valence-corrected chi connectivity index (χ2v) is 13.9. The molecule has 2 aliphatic rings. The van der Waals surface area contributed by atoms with E-state index in [0.717, 1.165) is 31.5 Å². The van der Waals surface area contributed by atoms with Crippen LogP contribution in [0.5, 0.6) is 5.75 Å². The van der Waals surface area contributed by atoms with Crippen LogP contribution in [0.4, 0.5) is 23.1 Å². The Hall–Kier alpha value is -4.23. The van der Waals surface area contributed by atoms with Gasteiger partial charge in [0.15, 0.2) is 15.5 Å². The van der Waals surface area contributed by atoms with Crippen LogP contribution in [0, 0.1) is 0 Å². The molecule has 2 aliphatic heterocycles. The minimum atomic E-state index is -3.57. The van der Waals surface area contributed by atoms with Crippen molar-refractivity contribution in [1.82, 2.24) is 30.4 Å². The standard InChI is InChI=1S/C30H36N8O4S/c1-17(2)42-25-13-19-16-38(20-9-11-31-12-10-20)29(39)21(19)14-24(25)34-30-35-27(22-15-32-37-28(22)36-30)33-23-7-5-6-8-26(23)43(40,41)18(3)4/h5-8,13-15,17-18,20,31H,9-12,16H2,1-4H3,(H3,32,33,34,35,36,37). The number of nitrogens with zero attached hydrogens (tertiary/aromatic N) is 4. The molecule has 1 fully saturated rings. The van der Waals surface area contributed by atoms with Gasteiger partial charge in [-0.1, -0.05) is 12.1 Å². The fraction of sp³-hybridized carbons (Fsp3) is 0.400. The first-order valence-electron chi connectivity index (χ1n) is 14.5. The zero-order chi connectivity index (χ0) is 30.3. The van der Waals surface area contributed by atoms with Crippen LogP contribution in [0.25, 0.3) is 11.0 Å². The normalized spacial score (nSPS) is 15.9. The summed E-state index contributed by atoms with van der Waals surface area (Å²) in [6.07, 6.45) is 3.33. The van der Waals surface area contributed by atoms with Gasteiger partial charge in [-0.15, -0.1) is 0 Å². The van der Waals surface area contributed by atoms with Gasteiger partial charge in [-0.05, 0) is 83.5 Å². The molecule has 0 aliphatic carbocycles. The maximum absolute atomic E-state index is 13.5.